The van der Waals surface area contributed by atoms with Gasteiger partial charge in [0.2, 0.25) is 5.91 Å². The Balaban J connectivity index is 1.70. The first-order valence-electron chi connectivity index (χ1n) is 7.14. The van der Waals surface area contributed by atoms with Gasteiger partial charge in [0.15, 0.2) is 0 Å². The summed E-state index contributed by atoms with van der Waals surface area (Å²) in [5.74, 6) is -0.400. The maximum Gasteiger partial charge on any atom is 0.227 e. The molecule has 0 bridgehead atoms. The molecule has 1 amide bonds. The van der Waals surface area contributed by atoms with E-state index >= 15 is 0 Å². The monoisotopic (exact) mass is 278 g/mol. The number of rotatable bonds is 5. The number of fused-ring (bicyclic) bond motifs is 1. The van der Waals surface area contributed by atoms with E-state index in [0.29, 0.717) is 31.1 Å². The molecule has 1 atom stereocenters. The fraction of sp³-hybridized carbons (Fsp3) is 0.533. The van der Waals surface area contributed by atoms with Gasteiger partial charge in [-0.2, -0.15) is 0 Å². The predicted molar refractivity (Wildman–Crippen MR) is 74.1 cm³/mol. The fourth-order valence-electron chi connectivity index (χ4n) is 2.58. The maximum absolute atomic E-state index is 13.4. The van der Waals surface area contributed by atoms with E-state index in [9.17, 15) is 14.3 Å². The molecule has 1 saturated carbocycles. The Morgan fingerprint density at radius 2 is 2.20 bits per heavy atom. The minimum atomic E-state index is -0.631. The molecule has 0 saturated heterocycles. The summed E-state index contributed by atoms with van der Waals surface area (Å²) in [6, 6.07) is 5.04. The average Bonchev–Trinajstić information content (AvgIpc) is 3.24. The molecular formula is C15H19FN2O2. The quantitative estimate of drug-likeness (QED) is 0.851. The smallest absolute Gasteiger partial charge is 0.227 e. The van der Waals surface area contributed by atoms with Gasteiger partial charge < -0.3 is 15.3 Å². The minimum Gasteiger partial charge on any atom is -0.390 e. The second-order valence-corrected chi connectivity index (χ2v) is 5.61. The zero-order valence-electron chi connectivity index (χ0n) is 11.3. The second kappa shape index (κ2) is 5.50. The standard InChI is InChI=1S/C15H19FN2O2/c16-11-3-1-10-2-6-15(20)18(14(10)7-11)9-13(19)8-17-12-4-5-12/h1,3,7,12-13,17,19H,2,4-6,8-9H2. The number of nitrogens with one attached hydrogen (secondary N) is 1. The molecule has 1 fully saturated rings. The predicted octanol–water partition coefficient (Wildman–Crippen LogP) is 1.22. The van der Waals surface area contributed by atoms with Crippen LogP contribution in [0.15, 0.2) is 18.2 Å². The molecule has 0 spiro atoms. The highest BCUT2D eigenvalue weighted by atomic mass is 19.1. The van der Waals surface area contributed by atoms with Crippen molar-refractivity contribution in [2.45, 2.75) is 37.8 Å². The highest BCUT2D eigenvalue weighted by molar-refractivity contribution is 5.96. The van der Waals surface area contributed by atoms with Crippen LogP contribution in [0.2, 0.25) is 0 Å². The molecule has 20 heavy (non-hydrogen) atoms. The first kappa shape index (κ1) is 13.5. The molecule has 0 aromatic heterocycles. The Hall–Kier alpha value is -1.46. The van der Waals surface area contributed by atoms with Gasteiger partial charge in [-0.15, -0.1) is 0 Å². The number of aryl methyl sites for hydroxylation is 1. The van der Waals surface area contributed by atoms with Gasteiger partial charge in [-0.1, -0.05) is 6.07 Å². The number of hydrogen-bond acceptors (Lipinski definition) is 3. The lowest BCUT2D eigenvalue weighted by Gasteiger charge is -2.31. The van der Waals surface area contributed by atoms with E-state index in [0.717, 1.165) is 18.4 Å². The summed E-state index contributed by atoms with van der Waals surface area (Å²) < 4.78 is 13.4. The molecule has 1 aliphatic heterocycles. The molecule has 2 aliphatic rings. The van der Waals surface area contributed by atoms with Crippen molar-refractivity contribution in [3.05, 3.63) is 29.6 Å². The topological polar surface area (TPSA) is 52.6 Å². The number of nitrogens with zero attached hydrogens (tertiary/aromatic N) is 1. The van der Waals surface area contributed by atoms with E-state index in [2.05, 4.69) is 5.32 Å². The normalized spacial score (nSPS) is 19.9. The molecule has 1 aromatic carbocycles. The Kier molecular flexibility index (Phi) is 3.72. The molecule has 1 heterocycles. The van der Waals surface area contributed by atoms with Crippen LogP contribution < -0.4 is 10.2 Å². The first-order chi connectivity index (χ1) is 9.63. The average molecular weight is 278 g/mol. The van der Waals surface area contributed by atoms with Gasteiger partial charge >= 0.3 is 0 Å². The third-order valence-corrected chi connectivity index (χ3v) is 3.86. The van der Waals surface area contributed by atoms with Gasteiger partial charge in [0.25, 0.3) is 0 Å². The van der Waals surface area contributed by atoms with Crippen molar-refractivity contribution in [1.29, 1.82) is 0 Å². The van der Waals surface area contributed by atoms with Crippen molar-refractivity contribution in [3.63, 3.8) is 0 Å². The van der Waals surface area contributed by atoms with E-state index < -0.39 is 6.10 Å². The Bertz CT molecular complexity index is 517. The highest BCUT2D eigenvalue weighted by Crippen LogP contribution is 2.28. The Morgan fingerprint density at radius 3 is 2.95 bits per heavy atom. The summed E-state index contributed by atoms with van der Waals surface area (Å²) in [5, 5.41) is 13.3. The van der Waals surface area contributed by atoms with Crippen LogP contribution in [0.1, 0.15) is 24.8 Å². The lowest BCUT2D eigenvalue weighted by Crippen LogP contribution is -2.44. The van der Waals surface area contributed by atoms with Gasteiger partial charge in [0, 0.05) is 24.7 Å². The minimum absolute atomic E-state index is 0.0476. The van der Waals surface area contributed by atoms with E-state index in [1.54, 1.807) is 6.07 Å². The molecule has 108 valence electrons. The van der Waals surface area contributed by atoms with Crippen LogP contribution in [0.5, 0.6) is 0 Å². The van der Waals surface area contributed by atoms with Crippen molar-refractivity contribution in [1.82, 2.24) is 5.32 Å². The zero-order chi connectivity index (χ0) is 14.1. The van der Waals surface area contributed by atoms with Crippen LogP contribution in [-0.4, -0.2) is 36.2 Å². The van der Waals surface area contributed by atoms with Crippen LogP contribution in [-0.2, 0) is 11.2 Å². The number of carbonyl (C=O) groups excluding carboxylic acids is 1. The number of anilines is 1. The molecule has 5 heteroatoms. The number of β-amino-alcohol motifs (C(OH)–C–C–N with tert-alkyl or cyclic N) is 1. The summed E-state index contributed by atoms with van der Waals surface area (Å²) >= 11 is 0. The summed E-state index contributed by atoms with van der Waals surface area (Å²) in [6.45, 7) is 0.689. The largest absolute Gasteiger partial charge is 0.390 e. The molecule has 1 unspecified atom stereocenters. The second-order valence-electron chi connectivity index (χ2n) is 5.61. The third kappa shape index (κ3) is 2.99. The van der Waals surface area contributed by atoms with E-state index in [1.165, 1.54) is 17.0 Å². The highest BCUT2D eigenvalue weighted by Gasteiger charge is 2.27. The number of amides is 1. The Labute approximate surface area is 117 Å². The first-order valence-corrected chi connectivity index (χ1v) is 7.14. The van der Waals surface area contributed by atoms with Crippen LogP contribution >= 0.6 is 0 Å². The van der Waals surface area contributed by atoms with Crippen molar-refractivity contribution in [2.24, 2.45) is 0 Å². The molecular weight excluding hydrogens is 259 g/mol. The molecule has 2 N–H and O–H groups in total. The number of halogens is 1. The van der Waals surface area contributed by atoms with Gasteiger partial charge in [0.05, 0.1) is 12.6 Å². The van der Waals surface area contributed by atoms with E-state index in [1.807, 2.05) is 0 Å². The van der Waals surface area contributed by atoms with Crippen molar-refractivity contribution in [3.8, 4) is 0 Å². The van der Waals surface area contributed by atoms with E-state index in [-0.39, 0.29) is 18.3 Å². The van der Waals surface area contributed by atoms with Gasteiger partial charge in [0.1, 0.15) is 5.82 Å². The number of benzene rings is 1. The van der Waals surface area contributed by atoms with Gasteiger partial charge in [-0.3, -0.25) is 4.79 Å². The van der Waals surface area contributed by atoms with Crippen molar-refractivity contribution < 1.29 is 14.3 Å². The molecule has 1 aromatic rings. The number of carbonyl (C=O) groups is 1. The van der Waals surface area contributed by atoms with Crippen molar-refractivity contribution >= 4 is 11.6 Å². The summed E-state index contributed by atoms with van der Waals surface area (Å²) in [5.41, 5.74) is 1.57. The molecule has 4 nitrogen and oxygen atoms in total. The van der Waals surface area contributed by atoms with Gasteiger partial charge in [-0.05, 0) is 37.0 Å². The lowest BCUT2D eigenvalue weighted by atomic mass is 10.0. The third-order valence-electron chi connectivity index (χ3n) is 3.86. The summed E-state index contributed by atoms with van der Waals surface area (Å²) in [6.07, 6.45) is 2.74. The lowest BCUT2D eigenvalue weighted by molar-refractivity contribution is -0.119. The van der Waals surface area contributed by atoms with Crippen LogP contribution in [0.25, 0.3) is 0 Å². The Morgan fingerprint density at radius 1 is 1.40 bits per heavy atom. The number of aliphatic hydroxyl groups is 1. The summed E-state index contributed by atoms with van der Waals surface area (Å²) in [7, 11) is 0. The molecule has 3 rings (SSSR count). The maximum atomic E-state index is 13.4. The van der Waals surface area contributed by atoms with E-state index in [4.69, 9.17) is 0 Å². The van der Waals surface area contributed by atoms with Crippen LogP contribution in [0.4, 0.5) is 10.1 Å². The van der Waals surface area contributed by atoms with Crippen molar-refractivity contribution in [2.75, 3.05) is 18.0 Å². The summed E-state index contributed by atoms with van der Waals surface area (Å²) in [4.78, 5) is 13.5. The SMILES string of the molecule is O=C1CCc2ccc(F)cc2N1CC(O)CNC1CC1. The fourth-order valence-corrected chi connectivity index (χ4v) is 2.58. The number of aliphatic hydroxyl groups excluding tert-OH is 1. The molecule has 1 aliphatic carbocycles. The zero-order valence-corrected chi connectivity index (χ0v) is 11.3. The van der Waals surface area contributed by atoms with Crippen LogP contribution in [0.3, 0.4) is 0 Å². The number of hydrogen-bond donors (Lipinski definition) is 2. The molecule has 0 radical (unpaired) electrons. The van der Waals surface area contributed by atoms with Crippen LogP contribution in [0, 0.1) is 5.82 Å². The van der Waals surface area contributed by atoms with Gasteiger partial charge in [-0.25, -0.2) is 4.39 Å².